The molecule has 3 nitrogen and oxygen atoms in total. The SMILES string of the molecule is CC(C)CCN(C(=O)C1(C#N)CCCC1)C1CC1. The molecule has 2 saturated carbocycles. The molecule has 0 unspecified atom stereocenters. The minimum atomic E-state index is -0.681. The molecule has 0 saturated heterocycles. The Morgan fingerprint density at radius 2 is 2.00 bits per heavy atom. The van der Waals surface area contributed by atoms with Gasteiger partial charge in [-0.05, 0) is 38.0 Å². The van der Waals surface area contributed by atoms with E-state index in [1.165, 1.54) is 0 Å². The van der Waals surface area contributed by atoms with Crippen LogP contribution in [0.5, 0.6) is 0 Å². The minimum Gasteiger partial charge on any atom is -0.338 e. The van der Waals surface area contributed by atoms with Crippen LogP contribution in [0.3, 0.4) is 0 Å². The van der Waals surface area contributed by atoms with Gasteiger partial charge in [0.25, 0.3) is 0 Å². The van der Waals surface area contributed by atoms with Gasteiger partial charge in [0.2, 0.25) is 5.91 Å². The van der Waals surface area contributed by atoms with E-state index >= 15 is 0 Å². The zero-order chi connectivity index (χ0) is 13.2. The monoisotopic (exact) mass is 248 g/mol. The van der Waals surface area contributed by atoms with Crippen LogP contribution in [-0.2, 0) is 4.79 Å². The molecule has 0 heterocycles. The Labute approximate surface area is 110 Å². The first-order valence-electron chi connectivity index (χ1n) is 7.31. The van der Waals surface area contributed by atoms with Crippen molar-refractivity contribution in [2.75, 3.05) is 6.54 Å². The van der Waals surface area contributed by atoms with E-state index in [0.717, 1.165) is 51.5 Å². The third-order valence-electron chi connectivity index (χ3n) is 4.28. The van der Waals surface area contributed by atoms with E-state index < -0.39 is 5.41 Å². The lowest BCUT2D eigenvalue weighted by molar-refractivity contribution is -0.139. The van der Waals surface area contributed by atoms with Gasteiger partial charge >= 0.3 is 0 Å². The number of hydrogen-bond acceptors (Lipinski definition) is 2. The van der Waals surface area contributed by atoms with Crippen molar-refractivity contribution < 1.29 is 4.79 Å². The van der Waals surface area contributed by atoms with Crippen LogP contribution in [0.1, 0.15) is 58.8 Å². The molecule has 18 heavy (non-hydrogen) atoms. The maximum Gasteiger partial charge on any atom is 0.243 e. The molecule has 2 aliphatic rings. The van der Waals surface area contributed by atoms with Crippen LogP contribution in [0.15, 0.2) is 0 Å². The fourth-order valence-corrected chi connectivity index (χ4v) is 2.86. The second-order valence-corrected chi connectivity index (χ2v) is 6.31. The van der Waals surface area contributed by atoms with E-state index in [-0.39, 0.29) is 5.91 Å². The van der Waals surface area contributed by atoms with E-state index in [0.29, 0.717) is 12.0 Å². The second-order valence-electron chi connectivity index (χ2n) is 6.31. The van der Waals surface area contributed by atoms with Gasteiger partial charge in [-0.25, -0.2) is 0 Å². The fraction of sp³-hybridized carbons (Fsp3) is 0.867. The summed E-state index contributed by atoms with van der Waals surface area (Å²) in [5.41, 5.74) is -0.681. The lowest BCUT2D eigenvalue weighted by Gasteiger charge is -2.30. The normalized spacial score (nSPS) is 21.9. The third kappa shape index (κ3) is 2.68. The molecule has 3 heteroatoms. The van der Waals surface area contributed by atoms with Crippen molar-refractivity contribution >= 4 is 5.91 Å². The van der Waals surface area contributed by atoms with Gasteiger partial charge in [0, 0.05) is 12.6 Å². The van der Waals surface area contributed by atoms with E-state index in [4.69, 9.17) is 0 Å². The molecule has 0 bridgehead atoms. The number of nitriles is 1. The first kappa shape index (κ1) is 13.4. The van der Waals surface area contributed by atoms with Gasteiger partial charge in [-0.2, -0.15) is 5.26 Å². The summed E-state index contributed by atoms with van der Waals surface area (Å²) in [6.45, 7) is 5.21. The van der Waals surface area contributed by atoms with E-state index in [1.54, 1.807) is 0 Å². The summed E-state index contributed by atoms with van der Waals surface area (Å²) < 4.78 is 0. The van der Waals surface area contributed by atoms with Gasteiger partial charge in [0.15, 0.2) is 0 Å². The predicted molar refractivity (Wildman–Crippen MR) is 70.7 cm³/mol. The van der Waals surface area contributed by atoms with Crippen molar-refractivity contribution in [2.45, 2.75) is 64.8 Å². The Kier molecular flexibility index (Phi) is 3.94. The average Bonchev–Trinajstić information content (AvgIpc) is 3.06. The molecular weight excluding hydrogens is 224 g/mol. The molecule has 0 atom stereocenters. The Morgan fingerprint density at radius 1 is 1.39 bits per heavy atom. The lowest BCUT2D eigenvalue weighted by atomic mass is 9.86. The number of carbonyl (C=O) groups is 1. The van der Waals surface area contributed by atoms with Gasteiger partial charge in [-0.15, -0.1) is 0 Å². The van der Waals surface area contributed by atoms with Crippen molar-refractivity contribution in [1.29, 1.82) is 5.26 Å². The first-order valence-corrected chi connectivity index (χ1v) is 7.31. The highest BCUT2D eigenvalue weighted by atomic mass is 16.2. The summed E-state index contributed by atoms with van der Waals surface area (Å²) in [6, 6.07) is 2.77. The van der Waals surface area contributed by atoms with Crippen LogP contribution in [0, 0.1) is 22.7 Å². The maximum atomic E-state index is 12.7. The summed E-state index contributed by atoms with van der Waals surface area (Å²) in [5.74, 6) is 0.742. The predicted octanol–water partition coefficient (Wildman–Crippen LogP) is 3.11. The highest BCUT2D eigenvalue weighted by Gasteiger charge is 2.47. The molecule has 0 aliphatic heterocycles. The summed E-state index contributed by atoms with van der Waals surface area (Å²) >= 11 is 0. The van der Waals surface area contributed by atoms with Crippen molar-refractivity contribution in [2.24, 2.45) is 11.3 Å². The average molecular weight is 248 g/mol. The summed E-state index contributed by atoms with van der Waals surface area (Å²) in [4.78, 5) is 14.7. The number of rotatable bonds is 5. The fourth-order valence-electron chi connectivity index (χ4n) is 2.86. The second kappa shape index (κ2) is 5.30. The van der Waals surface area contributed by atoms with Gasteiger partial charge < -0.3 is 4.90 Å². The molecular formula is C15H24N2O. The zero-order valence-corrected chi connectivity index (χ0v) is 11.6. The molecule has 0 radical (unpaired) electrons. The topological polar surface area (TPSA) is 44.1 Å². The van der Waals surface area contributed by atoms with Gasteiger partial charge in [-0.3, -0.25) is 4.79 Å². The van der Waals surface area contributed by atoms with Gasteiger partial charge in [0.05, 0.1) is 6.07 Å². The smallest absolute Gasteiger partial charge is 0.243 e. The third-order valence-corrected chi connectivity index (χ3v) is 4.28. The minimum absolute atomic E-state index is 0.130. The molecule has 0 N–H and O–H groups in total. The highest BCUT2D eigenvalue weighted by Crippen LogP contribution is 2.41. The number of nitrogens with zero attached hydrogens (tertiary/aromatic N) is 2. The van der Waals surface area contributed by atoms with Gasteiger partial charge in [-0.1, -0.05) is 26.7 Å². The Balaban J connectivity index is 2.05. The number of hydrogen-bond donors (Lipinski definition) is 0. The molecule has 0 aromatic rings. The van der Waals surface area contributed by atoms with Crippen LogP contribution in [0.4, 0.5) is 0 Å². The lowest BCUT2D eigenvalue weighted by Crippen LogP contribution is -2.44. The van der Waals surface area contributed by atoms with Crippen LogP contribution in [-0.4, -0.2) is 23.4 Å². The van der Waals surface area contributed by atoms with Crippen molar-refractivity contribution in [1.82, 2.24) is 4.90 Å². The largest absolute Gasteiger partial charge is 0.338 e. The van der Waals surface area contributed by atoms with Crippen LogP contribution in [0.25, 0.3) is 0 Å². The molecule has 2 fully saturated rings. The standard InChI is InChI=1S/C15H24N2O/c1-12(2)7-10-17(13-5-6-13)14(18)15(11-16)8-3-4-9-15/h12-13H,3-10H2,1-2H3. The van der Waals surface area contributed by atoms with Crippen LogP contribution < -0.4 is 0 Å². The highest BCUT2D eigenvalue weighted by molar-refractivity contribution is 5.86. The van der Waals surface area contributed by atoms with Crippen molar-refractivity contribution in [3.63, 3.8) is 0 Å². The van der Waals surface area contributed by atoms with Crippen LogP contribution in [0.2, 0.25) is 0 Å². The van der Waals surface area contributed by atoms with Crippen LogP contribution >= 0.6 is 0 Å². The Morgan fingerprint density at radius 3 is 2.44 bits per heavy atom. The molecule has 1 amide bonds. The zero-order valence-electron chi connectivity index (χ0n) is 11.6. The molecule has 100 valence electrons. The quantitative estimate of drug-likeness (QED) is 0.750. The van der Waals surface area contributed by atoms with E-state index in [2.05, 4.69) is 19.9 Å². The Bertz CT molecular complexity index is 346. The summed E-state index contributed by atoms with van der Waals surface area (Å²) in [6.07, 6.45) is 6.91. The number of amides is 1. The van der Waals surface area contributed by atoms with E-state index in [9.17, 15) is 10.1 Å². The van der Waals surface area contributed by atoms with Crippen molar-refractivity contribution in [3.8, 4) is 6.07 Å². The molecule has 2 rings (SSSR count). The molecule has 0 aromatic heterocycles. The van der Waals surface area contributed by atoms with Crippen molar-refractivity contribution in [3.05, 3.63) is 0 Å². The Hall–Kier alpha value is -1.04. The summed E-state index contributed by atoms with van der Waals surface area (Å²) in [7, 11) is 0. The molecule has 0 spiro atoms. The number of carbonyl (C=O) groups excluding carboxylic acids is 1. The summed E-state index contributed by atoms with van der Waals surface area (Å²) in [5, 5.41) is 9.42. The maximum absolute atomic E-state index is 12.7. The first-order chi connectivity index (χ1) is 8.59. The molecule has 2 aliphatic carbocycles. The van der Waals surface area contributed by atoms with Gasteiger partial charge in [0.1, 0.15) is 5.41 Å². The van der Waals surface area contributed by atoms with E-state index in [1.807, 2.05) is 4.90 Å². The molecule has 0 aromatic carbocycles.